The number of aromatic nitrogens is 1. The number of ether oxygens (including phenoxy) is 1. The smallest absolute Gasteiger partial charge is 0.271 e. The van der Waals surface area contributed by atoms with Crippen LogP contribution in [0, 0.1) is 0 Å². The molecule has 1 amide bonds. The predicted molar refractivity (Wildman–Crippen MR) is 101 cm³/mol. The molecule has 0 saturated carbocycles. The maximum Gasteiger partial charge on any atom is 0.271 e. The van der Waals surface area contributed by atoms with Crippen molar-refractivity contribution in [1.29, 1.82) is 0 Å². The molecule has 0 radical (unpaired) electrons. The Hall–Kier alpha value is -2.93. The lowest BCUT2D eigenvalue weighted by molar-refractivity contribution is 0.0955. The average molecular weight is 354 g/mol. The summed E-state index contributed by atoms with van der Waals surface area (Å²) in [6, 6.07) is 12.8. The molecule has 0 aliphatic rings. The predicted octanol–water partition coefficient (Wildman–Crippen LogP) is 3.43. The van der Waals surface area contributed by atoms with Crippen molar-refractivity contribution in [2.75, 3.05) is 12.3 Å². The fourth-order valence-corrected chi connectivity index (χ4v) is 3.01. The molecule has 6 nitrogen and oxygen atoms in total. The molecule has 0 spiro atoms. The zero-order valence-corrected chi connectivity index (χ0v) is 14.5. The van der Waals surface area contributed by atoms with E-state index in [2.05, 4.69) is 15.5 Å². The molecule has 0 fully saturated rings. The van der Waals surface area contributed by atoms with Gasteiger partial charge in [0.05, 0.1) is 23.0 Å². The van der Waals surface area contributed by atoms with Gasteiger partial charge in [0.1, 0.15) is 5.75 Å². The largest absolute Gasteiger partial charge is 0.493 e. The Bertz CT molecular complexity index is 920. The topological polar surface area (TPSA) is 89.6 Å². The minimum Gasteiger partial charge on any atom is -0.493 e. The van der Waals surface area contributed by atoms with Gasteiger partial charge >= 0.3 is 0 Å². The fraction of sp³-hybridized carbons (Fsp3) is 0.167. The Morgan fingerprint density at radius 2 is 2.20 bits per heavy atom. The van der Waals surface area contributed by atoms with Gasteiger partial charge in [0, 0.05) is 11.1 Å². The molecule has 0 atom stereocenters. The first-order valence-electron chi connectivity index (χ1n) is 7.88. The molecule has 3 rings (SSSR count). The number of fused-ring (bicyclic) bond motifs is 1. The summed E-state index contributed by atoms with van der Waals surface area (Å²) >= 11 is 1.35. The summed E-state index contributed by atoms with van der Waals surface area (Å²) in [5.74, 6) is 0.445. The van der Waals surface area contributed by atoms with E-state index in [1.807, 2.05) is 31.2 Å². The van der Waals surface area contributed by atoms with Crippen LogP contribution in [0.15, 0.2) is 47.6 Å². The zero-order valence-electron chi connectivity index (χ0n) is 13.7. The summed E-state index contributed by atoms with van der Waals surface area (Å²) in [7, 11) is 0. The number of anilines is 1. The number of nitrogens with one attached hydrogen (secondary N) is 1. The Morgan fingerprint density at radius 1 is 1.36 bits per heavy atom. The van der Waals surface area contributed by atoms with Gasteiger partial charge in [0.15, 0.2) is 5.13 Å². The van der Waals surface area contributed by atoms with Gasteiger partial charge in [-0.2, -0.15) is 5.10 Å². The van der Waals surface area contributed by atoms with E-state index in [1.54, 1.807) is 24.4 Å². The third-order valence-corrected chi connectivity index (χ3v) is 4.26. The molecule has 0 saturated heterocycles. The number of nitrogens with two attached hydrogens (primary N) is 1. The summed E-state index contributed by atoms with van der Waals surface area (Å²) in [5.41, 5.74) is 10.3. The first kappa shape index (κ1) is 16.9. The number of benzene rings is 2. The number of para-hydroxylation sites is 1. The van der Waals surface area contributed by atoms with Gasteiger partial charge in [-0.1, -0.05) is 30.4 Å². The van der Waals surface area contributed by atoms with Crippen molar-refractivity contribution in [3.8, 4) is 5.75 Å². The molecule has 3 N–H and O–H groups in total. The normalized spacial score (nSPS) is 11.1. The van der Waals surface area contributed by atoms with Crippen molar-refractivity contribution in [1.82, 2.24) is 10.4 Å². The van der Waals surface area contributed by atoms with Gasteiger partial charge in [-0.15, -0.1) is 0 Å². The number of thiazole rings is 1. The number of amides is 1. The van der Waals surface area contributed by atoms with Crippen LogP contribution in [0.4, 0.5) is 5.13 Å². The minimum atomic E-state index is -0.294. The third-order valence-electron chi connectivity index (χ3n) is 3.42. The highest BCUT2D eigenvalue weighted by Gasteiger charge is 2.08. The Kier molecular flexibility index (Phi) is 5.25. The molecule has 2 aromatic carbocycles. The van der Waals surface area contributed by atoms with Gasteiger partial charge in [0.2, 0.25) is 0 Å². The van der Waals surface area contributed by atoms with E-state index >= 15 is 0 Å². The summed E-state index contributed by atoms with van der Waals surface area (Å²) < 4.78 is 6.53. The van der Waals surface area contributed by atoms with Gasteiger partial charge in [-0.3, -0.25) is 4.79 Å². The molecule has 0 bridgehead atoms. The fourth-order valence-electron chi connectivity index (χ4n) is 2.24. The van der Waals surface area contributed by atoms with Crippen LogP contribution in [0.1, 0.15) is 29.3 Å². The van der Waals surface area contributed by atoms with Crippen molar-refractivity contribution < 1.29 is 9.53 Å². The average Bonchev–Trinajstić information content (AvgIpc) is 2.99. The summed E-state index contributed by atoms with van der Waals surface area (Å²) in [4.78, 5) is 16.4. The second kappa shape index (κ2) is 7.76. The van der Waals surface area contributed by atoms with Crippen LogP contribution in [0.3, 0.4) is 0 Å². The van der Waals surface area contributed by atoms with E-state index in [-0.39, 0.29) is 5.91 Å². The molecule has 1 aromatic heterocycles. The van der Waals surface area contributed by atoms with Gasteiger partial charge < -0.3 is 10.5 Å². The Balaban J connectivity index is 1.69. The SMILES string of the molecule is CCCOc1ccccc1/C=N\NC(=O)c1ccc2nc(N)sc2c1. The quantitative estimate of drug-likeness (QED) is 0.524. The van der Waals surface area contributed by atoms with Crippen molar-refractivity contribution in [2.24, 2.45) is 5.10 Å². The maximum atomic E-state index is 12.2. The van der Waals surface area contributed by atoms with Crippen LogP contribution >= 0.6 is 11.3 Å². The third kappa shape index (κ3) is 4.13. The standard InChI is InChI=1S/C18H18N4O2S/c1-2-9-24-15-6-4-3-5-13(15)11-20-22-17(23)12-7-8-14-16(10-12)25-18(19)21-14/h3-8,10-11H,2,9H2,1H3,(H2,19,21)(H,22,23)/b20-11-. The number of nitrogen functional groups attached to an aromatic ring is 1. The summed E-state index contributed by atoms with van der Waals surface area (Å²) in [5, 5.41) is 4.51. The van der Waals surface area contributed by atoms with E-state index in [4.69, 9.17) is 10.5 Å². The first-order chi connectivity index (χ1) is 12.2. The number of rotatable bonds is 6. The van der Waals surface area contributed by atoms with Crippen molar-refractivity contribution in [3.05, 3.63) is 53.6 Å². The van der Waals surface area contributed by atoms with Crippen LogP contribution in [-0.2, 0) is 0 Å². The van der Waals surface area contributed by atoms with E-state index in [9.17, 15) is 4.79 Å². The lowest BCUT2D eigenvalue weighted by Gasteiger charge is -2.07. The monoisotopic (exact) mass is 354 g/mol. The molecule has 0 aliphatic heterocycles. The minimum absolute atomic E-state index is 0.294. The highest BCUT2D eigenvalue weighted by molar-refractivity contribution is 7.22. The lowest BCUT2D eigenvalue weighted by atomic mass is 10.2. The Labute approximate surface area is 149 Å². The van der Waals surface area contributed by atoms with Crippen LogP contribution in [-0.4, -0.2) is 23.7 Å². The zero-order chi connectivity index (χ0) is 17.6. The number of carbonyl (C=O) groups is 1. The van der Waals surface area contributed by atoms with E-state index in [0.717, 1.165) is 28.0 Å². The number of hydrazone groups is 1. The van der Waals surface area contributed by atoms with Crippen molar-refractivity contribution >= 4 is 38.8 Å². The molecular weight excluding hydrogens is 336 g/mol. The molecule has 0 aliphatic carbocycles. The van der Waals surface area contributed by atoms with Crippen LogP contribution in [0.2, 0.25) is 0 Å². The van der Waals surface area contributed by atoms with Gasteiger partial charge in [-0.05, 0) is 36.8 Å². The molecule has 128 valence electrons. The van der Waals surface area contributed by atoms with Crippen molar-refractivity contribution in [2.45, 2.75) is 13.3 Å². The maximum absolute atomic E-state index is 12.2. The number of nitrogens with zero attached hydrogens (tertiary/aromatic N) is 2. The molecule has 25 heavy (non-hydrogen) atoms. The highest BCUT2D eigenvalue weighted by atomic mass is 32.1. The Morgan fingerprint density at radius 3 is 3.04 bits per heavy atom. The van der Waals surface area contributed by atoms with E-state index in [1.165, 1.54) is 11.3 Å². The molecule has 1 heterocycles. The molecular formula is C18H18N4O2S. The second-order valence-electron chi connectivity index (χ2n) is 5.32. The molecule has 7 heteroatoms. The van der Waals surface area contributed by atoms with E-state index < -0.39 is 0 Å². The van der Waals surface area contributed by atoms with Crippen LogP contribution in [0.5, 0.6) is 5.75 Å². The number of hydrogen-bond acceptors (Lipinski definition) is 6. The summed E-state index contributed by atoms with van der Waals surface area (Å²) in [6.45, 7) is 2.68. The summed E-state index contributed by atoms with van der Waals surface area (Å²) in [6.07, 6.45) is 2.50. The highest BCUT2D eigenvalue weighted by Crippen LogP contribution is 2.24. The lowest BCUT2D eigenvalue weighted by Crippen LogP contribution is -2.17. The van der Waals surface area contributed by atoms with Crippen LogP contribution in [0.25, 0.3) is 10.2 Å². The van der Waals surface area contributed by atoms with Crippen molar-refractivity contribution in [3.63, 3.8) is 0 Å². The molecule has 0 unspecified atom stereocenters. The van der Waals surface area contributed by atoms with E-state index in [0.29, 0.717) is 17.3 Å². The van der Waals surface area contributed by atoms with Gasteiger partial charge in [-0.25, -0.2) is 10.4 Å². The first-order valence-corrected chi connectivity index (χ1v) is 8.70. The molecule has 3 aromatic rings. The number of carbonyl (C=O) groups excluding carboxylic acids is 1. The second-order valence-corrected chi connectivity index (χ2v) is 6.38. The van der Waals surface area contributed by atoms with Crippen LogP contribution < -0.4 is 15.9 Å². The number of hydrogen-bond donors (Lipinski definition) is 2. The van der Waals surface area contributed by atoms with Gasteiger partial charge in [0.25, 0.3) is 5.91 Å².